The quantitative estimate of drug-likeness (QED) is 0.192. The summed E-state index contributed by atoms with van der Waals surface area (Å²) < 4.78 is 0. The van der Waals surface area contributed by atoms with Crippen LogP contribution in [-0.2, 0) is 5.41 Å². The summed E-state index contributed by atoms with van der Waals surface area (Å²) in [5.74, 6) is 2.98. The van der Waals surface area contributed by atoms with Gasteiger partial charge in [-0.2, -0.15) is 5.26 Å². The van der Waals surface area contributed by atoms with E-state index in [4.69, 9.17) is 5.26 Å². The molecule has 0 saturated heterocycles. The van der Waals surface area contributed by atoms with Crippen LogP contribution in [0.5, 0.6) is 0 Å². The standard InChI is InChI=1S/C11H13N.2C8H11N.2C7H10N2/c1-11(2,3)10-6-4-9(8-12)5-7-10;1-7(2)8-4-3-5-9-6-8;1-7(2)8-5-3-4-6-9-8;1-6(2)7-5-8-3-4-9-7;1-6(2)7-8-4-3-5-9-7/h4-7H,1-3H3;2*3-7H,1-2H3;2*3-6H,1-2H3. The van der Waals surface area contributed by atoms with Crippen LogP contribution in [0.2, 0.25) is 0 Å². The second-order valence-corrected chi connectivity index (χ2v) is 13.3. The van der Waals surface area contributed by atoms with Crippen LogP contribution < -0.4 is 0 Å². The normalized spacial score (nSPS) is 10.3. The summed E-state index contributed by atoms with van der Waals surface area (Å²) in [4.78, 5) is 24.4. The number of nitriles is 1. The maximum Gasteiger partial charge on any atom is 0.130 e. The van der Waals surface area contributed by atoms with E-state index >= 15 is 0 Å². The molecule has 0 aliphatic carbocycles. The summed E-state index contributed by atoms with van der Waals surface area (Å²) in [7, 11) is 0. The van der Waals surface area contributed by atoms with Crippen molar-refractivity contribution in [2.45, 2.75) is 105 Å². The average molecular weight is 646 g/mol. The monoisotopic (exact) mass is 645 g/mol. The van der Waals surface area contributed by atoms with E-state index in [9.17, 15) is 0 Å². The highest BCUT2D eigenvalue weighted by molar-refractivity contribution is 5.34. The number of hydrogen-bond acceptors (Lipinski definition) is 7. The molecule has 0 spiro atoms. The molecule has 7 heteroatoms. The van der Waals surface area contributed by atoms with Gasteiger partial charge in [-0.15, -0.1) is 0 Å². The lowest BCUT2D eigenvalue weighted by Crippen LogP contribution is -2.10. The van der Waals surface area contributed by atoms with Crippen molar-refractivity contribution in [3.05, 3.63) is 144 Å². The van der Waals surface area contributed by atoms with Crippen molar-refractivity contribution in [2.24, 2.45) is 0 Å². The van der Waals surface area contributed by atoms with E-state index < -0.39 is 0 Å². The van der Waals surface area contributed by atoms with Gasteiger partial charge >= 0.3 is 0 Å². The topological polar surface area (TPSA) is 101 Å². The first-order chi connectivity index (χ1) is 22.8. The van der Waals surface area contributed by atoms with Crippen LogP contribution in [0.1, 0.15) is 134 Å². The molecule has 5 aromatic rings. The van der Waals surface area contributed by atoms with Gasteiger partial charge < -0.3 is 0 Å². The van der Waals surface area contributed by atoms with Gasteiger partial charge in [-0.25, -0.2) is 9.97 Å². The van der Waals surface area contributed by atoms with Crippen molar-refractivity contribution in [1.82, 2.24) is 29.9 Å². The van der Waals surface area contributed by atoms with Crippen LogP contribution in [0.25, 0.3) is 0 Å². The minimum absolute atomic E-state index is 0.175. The van der Waals surface area contributed by atoms with E-state index in [-0.39, 0.29) is 5.41 Å². The highest BCUT2D eigenvalue weighted by atomic mass is 14.9. The number of aromatic nitrogens is 6. The van der Waals surface area contributed by atoms with Crippen LogP contribution in [0.15, 0.2) is 110 Å². The van der Waals surface area contributed by atoms with E-state index in [1.54, 1.807) is 37.2 Å². The number of rotatable bonds is 4. The molecule has 7 nitrogen and oxygen atoms in total. The summed E-state index contributed by atoms with van der Waals surface area (Å²) in [6.45, 7) is 23.5. The van der Waals surface area contributed by atoms with Crippen LogP contribution in [0, 0.1) is 11.3 Å². The fraction of sp³-hybridized carbons (Fsp3) is 0.390. The van der Waals surface area contributed by atoms with E-state index in [2.05, 4.69) is 118 Å². The van der Waals surface area contributed by atoms with Crippen LogP contribution in [-0.4, -0.2) is 29.9 Å². The molecular formula is C41H55N7. The first-order valence-electron chi connectivity index (χ1n) is 16.6. The summed E-state index contributed by atoms with van der Waals surface area (Å²) in [6, 6.07) is 21.7. The lowest BCUT2D eigenvalue weighted by atomic mass is 9.87. The molecule has 0 aliphatic heterocycles. The molecule has 48 heavy (non-hydrogen) atoms. The van der Waals surface area contributed by atoms with Crippen LogP contribution in [0.3, 0.4) is 0 Å². The van der Waals surface area contributed by atoms with Crippen molar-refractivity contribution in [1.29, 1.82) is 5.26 Å². The predicted molar refractivity (Wildman–Crippen MR) is 199 cm³/mol. The molecule has 0 radical (unpaired) electrons. The number of benzene rings is 1. The zero-order chi connectivity index (χ0) is 36.0. The smallest absolute Gasteiger partial charge is 0.130 e. The summed E-state index contributed by atoms with van der Waals surface area (Å²) in [5, 5.41) is 8.58. The lowest BCUT2D eigenvalue weighted by molar-refractivity contribution is 0.590. The van der Waals surface area contributed by atoms with Gasteiger partial charge in [0, 0.05) is 61.2 Å². The molecule has 0 atom stereocenters. The zero-order valence-corrected chi connectivity index (χ0v) is 30.8. The Morgan fingerprint density at radius 2 is 1.10 bits per heavy atom. The van der Waals surface area contributed by atoms with Gasteiger partial charge in [-0.05, 0) is 70.7 Å². The first-order valence-corrected chi connectivity index (χ1v) is 16.6. The average Bonchev–Trinajstić information content (AvgIpc) is 3.10. The molecular weight excluding hydrogens is 591 g/mol. The second kappa shape index (κ2) is 22.7. The Kier molecular flexibility index (Phi) is 19.4. The highest BCUT2D eigenvalue weighted by Crippen LogP contribution is 2.21. The minimum atomic E-state index is 0.175. The van der Waals surface area contributed by atoms with Crippen molar-refractivity contribution in [3.8, 4) is 6.07 Å². The summed E-state index contributed by atoms with van der Waals surface area (Å²) in [6.07, 6.45) is 14.3. The molecule has 4 aromatic heterocycles. The maximum absolute atomic E-state index is 8.58. The Morgan fingerprint density at radius 1 is 0.521 bits per heavy atom. The molecule has 1 aromatic carbocycles. The fourth-order valence-corrected chi connectivity index (χ4v) is 3.70. The van der Waals surface area contributed by atoms with Gasteiger partial charge in [0.2, 0.25) is 0 Å². The molecule has 0 saturated carbocycles. The van der Waals surface area contributed by atoms with Gasteiger partial charge in [0.25, 0.3) is 0 Å². The van der Waals surface area contributed by atoms with Gasteiger partial charge in [0.1, 0.15) is 5.82 Å². The third-order valence-electron chi connectivity index (χ3n) is 6.79. The minimum Gasteiger partial charge on any atom is -0.264 e. The predicted octanol–water partition coefficient (Wildman–Crippen LogP) is 10.5. The molecule has 0 fully saturated rings. The van der Waals surface area contributed by atoms with E-state index in [0.29, 0.717) is 23.7 Å². The van der Waals surface area contributed by atoms with Crippen molar-refractivity contribution in [3.63, 3.8) is 0 Å². The molecule has 4 heterocycles. The van der Waals surface area contributed by atoms with Gasteiger partial charge in [-0.3, -0.25) is 19.9 Å². The molecule has 0 N–H and O–H groups in total. The van der Waals surface area contributed by atoms with Crippen LogP contribution in [0.4, 0.5) is 0 Å². The molecule has 0 aliphatic rings. The SMILES string of the molecule is CC(C)(C)c1ccc(C#N)cc1.CC(C)c1ccccn1.CC(C)c1cccnc1.CC(C)c1cnccn1.CC(C)c1ncccn1. The Balaban J connectivity index is 0.000000302. The Morgan fingerprint density at radius 3 is 1.44 bits per heavy atom. The van der Waals surface area contributed by atoms with Crippen molar-refractivity contribution < 1.29 is 0 Å². The zero-order valence-electron chi connectivity index (χ0n) is 30.8. The summed E-state index contributed by atoms with van der Waals surface area (Å²) in [5.41, 5.74) is 5.69. The third-order valence-corrected chi connectivity index (χ3v) is 6.79. The molecule has 0 bridgehead atoms. The number of hydrogen-bond donors (Lipinski definition) is 0. The molecule has 5 rings (SSSR count). The van der Waals surface area contributed by atoms with Crippen molar-refractivity contribution in [2.75, 3.05) is 0 Å². The Hall–Kier alpha value is -4.83. The van der Waals surface area contributed by atoms with Gasteiger partial charge in [0.05, 0.1) is 17.3 Å². The number of pyridine rings is 2. The Labute approximate surface area is 290 Å². The van der Waals surface area contributed by atoms with Gasteiger partial charge in [-0.1, -0.05) is 100 Å². The number of nitrogens with zero attached hydrogens (tertiary/aromatic N) is 7. The largest absolute Gasteiger partial charge is 0.264 e. The first kappa shape index (κ1) is 41.2. The van der Waals surface area contributed by atoms with Crippen molar-refractivity contribution >= 4 is 0 Å². The van der Waals surface area contributed by atoms with Gasteiger partial charge in [0.15, 0.2) is 0 Å². The highest BCUT2D eigenvalue weighted by Gasteiger charge is 2.12. The van der Waals surface area contributed by atoms with E-state index in [0.717, 1.165) is 22.8 Å². The molecule has 0 unspecified atom stereocenters. The fourth-order valence-electron chi connectivity index (χ4n) is 3.70. The van der Waals surface area contributed by atoms with Crippen LogP contribution >= 0.6 is 0 Å². The lowest BCUT2D eigenvalue weighted by Gasteiger charge is -2.18. The summed E-state index contributed by atoms with van der Waals surface area (Å²) >= 11 is 0. The Bertz CT molecular complexity index is 1350. The third kappa shape index (κ3) is 17.8. The maximum atomic E-state index is 8.58. The second-order valence-electron chi connectivity index (χ2n) is 13.3. The van der Waals surface area contributed by atoms with E-state index in [1.807, 2.05) is 67.0 Å². The molecule has 254 valence electrons. The van der Waals surface area contributed by atoms with E-state index in [1.165, 1.54) is 11.1 Å². The molecule has 0 amide bonds.